The highest BCUT2D eigenvalue weighted by Crippen LogP contribution is 2.43. The predicted octanol–water partition coefficient (Wildman–Crippen LogP) is 2.59. The van der Waals surface area contributed by atoms with Gasteiger partial charge in [0.1, 0.15) is 5.69 Å². The van der Waals surface area contributed by atoms with Gasteiger partial charge in [0.05, 0.1) is 5.56 Å². The third-order valence-corrected chi connectivity index (χ3v) is 3.59. The van der Waals surface area contributed by atoms with Gasteiger partial charge in [0.15, 0.2) is 11.5 Å². The molecule has 0 aliphatic rings. The number of anilines is 1. The normalized spacial score (nSPS) is 10.3. The highest BCUT2D eigenvalue weighted by atomic mass is 16.3. The molecule has 7 nitrogen and oxygen atoms in total. The predicted molar refractivity (Wildman–Crippen MR) is 93.1 cm³/mol. The average molecular weight is 344 g/mol. The van der Waals surface area contributed by atoms with Crippen molar-refractivity contribution in [2.45, 2.75) is 19.8 Å². The quantitative estimate of drug-likeness (QED) is 0.313. The molecular formula is C18H20N2O5. The van der Waals surface area contributed by atoms with E-state index in [1.54, 1.807) is 30.3 Å². The molecule has 7 heteroatoms. The Kier molecular flexibility index (Phi) is 5.84. The van der Waals surface area contributed by atoms with Crippen LogP contribution in [0.25, 0.3) is 0 Å². The van der Waals surface area contributed by atoms with Crippen molar-refractivity contribution in [3.63, 3.8) is 0 Å². The van der Waals surface area contributed by atoms with E-state index in [-0.39, 0.29) is 11.3 Å². The van der Waals surface area contributed by atoms with Crippen molar-refractivity contribution in [3.8, 4) is 17.2 Å². The minimum Gasteiger partial charge on any atom is -0.504 e. The molecule has 0 saturated heterocycles. The number of phenolic OH excluding ortho intramolecular Hbond substituents is 3. The first kappa shape index (κ1) is 18.1. The van der Waals surface area contributed by atoms with Crippen LogP contribution in [-0.2, 0) is 0 Å². The van der Waals surface area contributed by atoms with Gasteiger partial charge < -0.3 is 26.0 Å². The summed E-state index contributed by atoms with van der Waals surface area (Å²) in [4.78, 5) is 24.6. The number of aromatic hydroxyl groups is 3. The molecule has 0 saturated carbocycles. The lowest BCUT2D eigenvalue weighted by Crippen LogP contribution is -2.26. The molecule has 0 atom stereocenters. The summed E-state index contributed by atoms with van der Waals surface area (Å²) >= 11 is 0. The number of phenols is 3. The lowest BCUT2D eigenvalue weighted by molar-refractivity contribution is 0.0953. The van der Waals surface area contributed by atoms with Crippen molar-refractivity contribution in [1.82, 2.24) is 5.32 Å². The number of nitrogens with one attached hydrogen (secondary N) is 2. The summed E-state index contributed by atoms with van der Waals surface area (Å²) in [5.74, 6) is -3.39. The second kappa shape index (κ2) is 8.05. The van der Waals surface area contributed by atoms with E-state index < -0.39 is 29.1 Å². The van der Waals surface area contributed by atoms with Crippen molar-refractivity contribution < 1.29 is 24.9 Å². The van der Waals surface area contributed by atoms with Crippen molar-refractivity contribution in [1.29, 1.82) is 0 Å². The van der Waals surface area contributed by atoms with E-state index in [1.807, 2.05) is 6.92 Å². The van der Waals surface area contributed by atoms with Crippen molar-refractivity contribution in [3.05, 3.63) is 47.5 Å². The molecule has 0 spiro atoms. The Bertz CT molecular complexity index is 775. The Morgan fingerprint density at radius 1 is 1.00 bits per heavy atom. The van der Waals surface area contributed by atoms with Gasteiger partial charge in [-0.05, 0) is 24.6 Å². The van der Waals surface area contributed by atoms with Crippen LogP contribution in [0.5, 0.6) is 17.2 Å². The van der Waals surface area contributed by atoms with Crippen LogP contribution in [0, 0.1) is 0 Å². The molecular weight excluding hydrogens is 324 g/mol. The van der Waals surface area contributed by atoms with Crippen LogP contribution in [0.15, 0.2) is 36.4 Å². The maximum absolute atomic E-state index is 12.3. The number of carbonyl (C=O) groups is 2. The summed E-state index contributed by atoms with van der Waals surface area (Å²) < 4.78 is 0. The van der Waals surface area contributed by atoms with Gasteiger partial charge in [0, 0.05) is 12.1 Å². The molecule has 0 heterocycles. The summed E-state index contributed by atoms with van der Waals surface area (Å²) in [6.45, 7) is 2.37. The van der Waals surface area contributed by atoms with Crippen LogP contribution < -0.4 is 10.6 Å². The van der Waals surface area contributed by atoms with Gasteiger partial charge in [-0.3, -0.25) is 9.59 Å². The summed E-state index contributed by atoms with van der Waals surface area (Å²) in [6, 6.07) is 9.20. The molecule has 0 radical (unpaired) electrons. The maximum Gasteiger partial charge on any atom is 0.255 e. The molecule has 0 aromatic heterocycles. The molecule has 2 amide bonds. The monoisotopic (exact) mass is 344 g/mol. The van der Waals surface area contributed by atoms with Gasteiger partial charge in [-0.25, -0.2) is 0 Å². The zero-order chi connectivity index (χ0) is 18.4. The molecule has 0 unspecified atom stereocenters. The third kappa shape index (κ3) is 4.20. The zero-order valence-corrected chi connectivity index (χ0v) is 13.7. The summed E-state index contributed by atoms with van der Waals surface area (Å²) in [7, 11) is 0. The number of hydrogen-bond acceptors (Lipinski definition) is 5. The Balaban J connectivity index is 2.36. The van der Waals surface area contributed by atoms with Gasteiger partial charge in [-0.1, -0.05) is 31.5 Å². The van der Waals surface area contributed by atoms with Gasteiger partial charge >= 0.3 is 0 Å². The first-order chi connectivity index (χ1) is 12.0. The highest BCUT2D eigenvalue weighted by Gasteiger charge is 2.23. The number of unbranched alkanes of at least 4 members (excludes halogenated alkanes) is 1. The minimum atomic E-state index is -0.812. The number of carbonyl (C=O) groups excluding carboxylic acids is 2. The van der Waals surface area contributed by atoms with Crippen LogP contribution in [0.4, 0.5) is 5.69 Å². The SMILES string of the molecule is CCCCNC(=O)c1cc(O)c(O)c(O)c1NC(=O)c1ccccc1. The van der Waals surface area contributed by atoms with Crippen molar-refractivity contribution in [2.75, 3.05) is 11.9 Å². The molecule has 5 N–H and O–H groups in total. The van der Waals surface area contributed by atoms with Crippen molar-refractivity contribution in [2.24, 2.45) is 0 Å². The van der Waals surface area contributed by atoms with Crippen LogP contribution in [0.2, 0.25) is 0 Å². The van der Waals surface area contributed by atoms with E-state index in [0.717, 1.165) is 18.9 Å². The Hall–Kier alpha value is -3.22. The van der Waals surface area contributed by atoms with Crippen molar-refractivity contribution >= 4 is 17.5 Å². The molecule has 132 valence electrons. The number of rotatable bonds is 6. The van der Waals surface area contributed by atoms with Crippen LogP contribution in [-0.4, -0.2) is 33.7 Å². The second-order valence-electron chi connectivity index (χ2n) is 5.45. The molecule has 0 aliphatic carbocycles. The van der Waals surface area contributed by atoms with Gasteiger partial charge in [0.25, 0.3) is 11.8 Å². The highest BCUT2D eigenvalue weighted by molar-refractivity contribution is 6.11. The van der Waals surface area contributed by atoms with Gasteiger partial charge in [-0.2, -0.15) is 0 Å². The zero-order valence-electron chi connectivity index (χ0n) is 13.7. The number of benzene rings is 2. The van der Waals surface area contributed by atoms with E-state index in [9.17, 15) is 24.9 Å². The second-order valence-corrected chi connectivity index (χ2v) is 5.45. The molecule has 2 aromatic rings. The lowest BCUT2D eigenvalue weighted by Gasteiger charge is -2.15. The van der Waals surface area contributed by atoms with E-state index in [4.69, 9.17) is 0 Å². The number of hydrogen-bond donors (Lipinski definition) is 5. The van der Waals surface area contributed by atoms with Crippen LogP contribution in [0.1, 0.15) is 40.5 Å². The van der Waals surface area contributed by atoms with E-state index in [0.29, 0.717) is 12.1 Å². The van der Waals surface area contributed by atoms with Gasteiger partial charge in [-0.15, -0.1) is 0 Å². The standard InChI is InChI=1S/C18H20N2O5/c1-2-3-9-19-18(25)12-10-13(21)15(22)16(23)14(12)20-17(24)11-7-5-4-6-8-11/h4-8,10,21-23H,2-3,9H2,1H3,(H,19,25)(H,20,24). The van der Waals surface area contributed by atoms with E-state index >= 15 is 0 Å². The Labute approximate surface area is 144 Å². The lowest BCUT2D eigenvalue weighted by atomic mass is 10.1. The minimum absolute atomic E-state index is 0.145. The van der Waals surface area contributed by atoms with Crippen LogP contribution >= 0.6 is 0 Å². The maximum atomic E-state index is 12.3. The molecule has 2 aromatic carbocycles. The first-order valence-electron chi connectivity index (χ1n) is 7.88. The summed E-state index contributed by atoms with van der Waals surface area (Å²) in [6.07, 6.45) is 1.64. The van der Waals surface area contributed by atoms with Crippen LogP contribution in [0.3, 0.4) is 0 Å². The first-order valence-corrected chi connectivity index (χ1v) is 7.88. The fourth-order valence-corrected chi connectivity index (χ4v) is 2.20. The summed E-state index contributed by atoms with van der Waals surface area (Å²) in [5, 5.41) is 34.5. The molecule has 0 bridgehead atoms. The topological polar surface area (TPSA) is 119 Å². The Morgan fingerprint density at radius 3 is 2.32 bits per heavy atom. The Morgan fingerprint density at radius 2 is 1.68 bits per heavy atom. The number of amides is 2. The molecule has 0 aliphatic heterocycles. The third-order valence-electron chi connectivity index (χ3n) is 3.59. The fraction of sp³-hybridized carbons (Fsp3) is 0.222. The average Bonchev–Trinajstić information content (AvgIpc) is 2.62. The molecule has 25 heavy (non-hydrogen) atoms. The molecule has 2 rings (SSSR count). The fourth-order valence-electron chi connectivity index (χ4n) is 2.20. The summed E-state index contributed by atoms with van der Waals surface area (Å²) in [5.41, 5.74) is -0.0989. The van der Waals surface area contributed by atoms with E-state index in [2.05, 4.69) is 10.6 Å². The molecule has 0 fully saturated rings. The smallest absolute Gasteiger partial charge is 0.255 e. The van der Waals surface area contributed by atoms with E-state index in [1.165, 1.54) is 0 Å². The largest absolute Gasteiger partial charge is 0.504 e. The van der Waals surface area contributed by atoms with Gasteiger partial charge in [0.2, 0.25) is 5.75 Å².